The Labute approximate surface area is 103 Å². The normalized spacial score (nSPS) is 24.8. The van der Waals surface area contributed by atoms with Gasteiger partial charge in [0.15, 0.2) is 0 Å². The molecule has 0 aliphatic heterocycles. The largest absolute Gasteiger partial charge is 0.349 e. The Kier molecular flexibility index (Phi) is 4.12. The summed E-state index contributed by atoms with van der Waals surface area (Å²) in [5.41, 5.74) is -0.0483. The minimum Gasteiger partial charge on any atom is -0.349 e. The average molecular weight is 244 g/mol. The minimum atomic E-state index is -0.0483. The van der Waals surface area contributed by atoms with Crippen LogP contribution in [0.25, 0.3) is 0 Å². The number of hydrogen-bond donors (Lipinski definition) is 1. The van der Waals surface area contributed by atoms with Gasteiger partial charge < -0.3 is 5.32 Å². The van der Waals surface area contributed by atoms with Gasteiger partial charge in [-0.05, 0) is 38.0 Å². The molecule has 1 N–H and O–H groups in total. The average Bonchev–Trinajstić information content (AvgIpc) is 2.25. The van der Waals surface area contributed by atoms with Crippen molar-refractivity contribution in [2.24, 2.45) is 5.92 Å². The van der Waals surface area contributed by atoms with Crippen molar-refractivity contribution in [1.82, 2.24) is 5.32 Å². The number of amides is 1. The SMILES string of the molecule is O=C(CC1CCCCC1)NC1(CCl)CCC1. The Morgan fingerprint density at radius 1 is 1.19 bits per heavy atom. The van der Waals surface area contributed by atoms with Crippen LogP contribution in [0, 0.1) is 5.92 Å². The van der Waals surface area contributed by atoms with E-state index in [-0.39, 0.29) is 11.4 Å². The monoisotopic (exact) mass is 243 g/mol. The van der Waals surface area contributed by atoms with Crippen molar-refractivity contribution in [2.45, 2.75) is 63.3 Å². The number of alkyl halides is 1. The standard InChI is InChI=1S/C13H22ClNO/c14-10-13(7-4-8-13)15-12(16)9-11-5-2-1-3-6-11/h11H,1-10H2,(H,15,16). The molecule has 92 valence electrons. The molecule has 0 heterocycles. The van der Waals surface area contributed by atoms with Crippen molar-refractivity contribution in [3.63, 3.8) is 0 Å². The summed E-state index contributed by atoms with van der Waals surface area (Å²) in [7, 11) is 0. The van der Waals surface area contributed by atoms with Crippen molar-refractivity contribution < 1.29 is 4.79 Å². The van der Waals surface area contributed by atoms with Crippen LogP contribution in [0.5, 0.6) is 0 Å². The van der Waals surface area contributed by atoms with Gasteiger partial charge in [-0.15, -0.1) is 11.6 Å². The molecule has 2 rings (SSSR count). The summed E-state index contributed by atoms with van der Waals surface area (Å²) < 4.78 is 0. The Morgan fingerprint density at radius 3 is 2.38 bits per heavy atom. The molecule has 0 aromatic heterocycles. The van der Waals surface area contributed by atoms with Gasteiger partial charge in [-0.3, -0.25) is 4.79 Å². The molecule has 16 heavy (non-hydrogen) atoms. The summed E-state index contributed by atoms with van der Waals surface area (Å²) >= 11 is 5.93. The maximum atomic E-state index is 11.9. The smallest absolute Gasteiger partial charge is 0.220 e. The molecule has 2 aliphatic rings. The van der Waals surface area contributed by atoms with Crippen LogP contribution in [0.2, 0.25) is 0 Å². The first-order chi connectivity index (χ1) is 7.74. The van der Waals surface area contributed by atoms with E-state index in [2.05, 4.69) is 5.32 Å². The third-order valence-corrected chi connectivity index (χ3v) is 4.68. The number of carbonyl (C=O) groups excluding carboxylic acids is 1. The molecule has 0 atom stereocenters. The molecule has 0 spiro atoms. The van der Waals surface area contributed by atoms with E-state index in [0.29, 0.717) is 11.8 Å². The highest BCUT2D eigenvalue weighted by molar-refractivity contribution is 6.18. The molecule has 0 unspecified atom stereocenters. The second-order valence-electron chi connectivity index (χ2n) is 5.52. The predicted octanol–water partition coefficient (Wildman–Crippen LogP) is 3.23. The molecule has 2 aliphatic carbocycles. The second-order valence-corrected chi connectivity index (χ2v) is 5.79. The molecule has 1 amide bonds. The first-order valence-electron chi connectivity index (χ1n) is 6.61. The zero-order chi connectivity index (χ0) is 11.4. The molecular formula is C13H22ClNO. The van der Waals surface area contributed by atoms with E-state index >= 15 is 0 Å². The summed E-state index contributed by atoms with van der Waals surface area (Å²) in [6.45, 7) is 0. The summed E-state index contributed by atoms with van der Waals surface area (Å²) in [5.74, 6) is 1.43. The lowest BCUT2D eigenvalue weighted by Gasteiger charge is -2.41. The Morgan fingerprint density at radius 2 is 1.88 bits per heavy atom. The maximum Gasteiger partial charge on any atom is 0.220 e. The van der Waals surface area contributed by atoms with Gasteiger partial charge in [0.2, 0.25) is 5.91 Å². The summed E-state index contributed by atoms with van der Waals surface area (Å²) in [4.78, 5) is 11.9. The molecule has 0 bridgehead atoms. The number of carbonyl (C=O) groups is 1. The van der Waals surface area contributed by atoms with Gasteiger partial charge in [-0.25, -0.2) is 0 Å². The van der Waals surface area contributed by atoms with E-state index in [9.17, 15) is 4.79 Å². The molecule has 0 radical (unpaired) electrons. The summed E-state index contributed by atoms with van der Waals surface area (Å²) in [6, 6.07) is 0. The van der Waals surface area contributed by atoms with E-state index in [1.54, 1.807) is 0 Å². The lowest BCUT2D eigenvalue weighted by Crippen LogP contribution is -2.55. The van der Waals surface area contributed by atoms with E-state index in [1.807, 2.05) is 0 Å². The third kappa shape index (κ3) is 2.91. The van der Waals surface area contributed by atoms with Crippen LogP contribution in [0.15, 0.2) is 0 Å². The lowest BCUT2D eigenvalue weighted by atomic mass is 9.78. The van der Waals surface area contributed by atoms with Gasteiger partial charge in [0, 0.05) is 12.3 Å². The molecular weight excluding hydrogens is 222 g/mol. The molecule has 2 fully saturated rings. The molecule has 0 aromatic carbocycles. The van der Waals surface area contributed by atoms with Gasteiger partial charge in [0.25, 0.3) is 0 Å². The van der Waals surface area contributed by atoms with Crippen molar-refractivity contribution in [2.75, 3.05) is 5.88 Å². The quantitative estimate of drug-likeness (QED) is 0.755. The fraction of sp³-hybridized carbons (Fsp3) is 0.923. The minimum absolute atomic E-state index is 0.0483. The van der Waals surface area contributed by atoms with Crippen molar-refractivity contribution >= 4 is 17.5 Å². The Hall–Kier alpha value is -0.240. The highest BCUT2D eigenvalue weighted by Crippen LogP contribution is 2.33. The number of halogens is 1. The molecule has 3 heteroatoms. The molecule has 0 saturated heterocycles. The van der Waals surface area contributed by atoms with E-state index in [0.717, 1.165) is 19.3 Å². The number of hydrogen-bond acceptors (Lipinski definition) is 1. The topological polar surface area (TPSA) is 29.1 Å². The van der Waals surface area contributed by atoms with E-state index in [1.165, 1.54) is 38.5 Å². The maximum absolute atomic E-state index is 11.9. The van der Waals surface area contributed by atoms with Crippen molar-refractivity contribution in [3.05, 3.63) is 0 Å². The Bertz CT molecular complexity index is 239. The van der Waals surface area contributed by atoms with Gasteiger partial charge >= 0.3 is 0 Å². The van der Waals surface area contributed by atoms with Crippen LogP contribution >= 0.6 is 11.6 Å². The van der Waals surface area contributed by atoms with Gasteiger partial charge in [-0.1, -0.05) is 19.3 Å². The van der Waals surface area contributed by atoms with Crippen LogP contribution < -0.4 is 5.32 Å². The second kappa shape index (κ2) is 5.39. The Balaban J connectivity index is 1.74. The highest BCUT2D eigenvalue weighted by Gasteiger charge is 2.37. The first kappa shape index (κ1) is 12.2. The van der Waals surface area contributed by atoms with Crippen molar-refractivity contribution in [3.8, 4) is 0 Å². The lowest BCUT2D eigenvalue weighted by molar-refractivity contribution is -0.124. The van der Waals surface area contributed by atoms with Crippen LogP contribution in [0.3, 0.4) is 0 Å². The van der Waals surface area contributed by atoms with Crippen LogP contribution in [0.1, 0.15) is 57.8 Å². The van der Waals surface area contributed by atoms with Crippen LogP contribution in [0.4, 0.5) is 0 Å². The number of nitrogens with one attached hydrogen (secondary N) is 1. The zero-order valence-electron chi connectivity index (χ0n) is 9.93. The summed E-state index contributed by atoms with van der Waals surface area (Å²) in [6.07, 6.45) is 10.5. The third-order valence-electron chi connectivity index (χ3n) is 4.17. The molecule has 2 saturated carbocycles. The summed E-state index contributed by atoms with van der Waals surface area (Å²) in [5, 5.41) is 3.16. The van der Waals surface area contributed by atoms with E-state index in [4.69, 9.17) is 11.6 Å². The number of rotatable bonds is 4. The molecule has 2 nitrogen and oxygen atoms in total. The highest BCUT2D eigenvalue weighted by atomic mass is 35.5. The fourth-order valence-corrected chi connectivity index (χ4v) is 3.23. The zero-order valence-corrected chi connectivity index (χ0v) is 10.7. The van der Waals surface area contributed by atoms with E-state index < -0.39 is 0 Å². The van der Waals surface area contributed by atoms with Crippen LogP contribution in [-0.2, 0) is 4.79 Å². The van der Waals surface area contributed by atoms with Gasteiger partial charge in [-0.2, -0.15) is 0 Å². The fourth-order valence-electron chi connectivity index (χ4n) is 2.90. The van der Waals surface area contributed by atoms with Crippen LogP contribution in [-0.4, -0.2) is 17.3 Å². The van der Waals surface area contributed by atoms with Gasteiger partial charge in [0.05, 0.1) is 5.54 Å². The molecule has 0 aromatic rings. The predicted molar refractivity (Wildman–Crippen MR) is 66.6 cm³/mol. The van der Waals surface area contributed by atoms with Gasteiger partial charge in [0.1, 0.15) is 0 Å². The van der Waals surface area contributed by atoms with Crippen molar-refractivity contribution in [1.29, 1.82) is 0 Å². The first-order valence-corrected chi connectivity index (χ1v) is 7.14.